The normalized spacial score (nSPS) is 19.1. The summed E-state index contributed by atoms with van der Waals surface area (Å²) in [5, 5.41) is 11.6. The van der Waals surface area contributed by atoms with E-state index >= 15 is 0 Å². The summed E-state index contributed by atoms with van der Waals surface area (Å²) >= 11 is 0. The third kappa shape index (κ3) is 4.32. The highest BCUT2D eigenvalue weighted by Crippen LogP contribution is 2.15. The summed E-state index contributed by atoms with van der Waals surface area (Å²) in [5.74, 6) is -0.606. The Morgan fingerprint density at radius 2 is 2.32 bits per heavy atom. The summed E-state index contributed by atoms with van der Waals surface area (Å²) in [6.07, 6.45) is 1.45. The van der Waals surface area contributed by atoms with Gasteiger partial charge in [0, 0.05) is 6.61 Å². The maximum absolute atomic E-state index is 11.9. The molecule has 1 aromatic rings. The predicted octanol–water partition coefficient (Wildman–Crippen LogP) is 1.49. The number of aryl methyl sites for hydroxylation is 1. The monoisotopic (exact) mass is 311 g/mol. The summed E-state index contributed by atoms with van der Waals surface area (Å²) in [4.78, 5) is 22.8. The van der Waals surface area contributed by atoms with E-state index < -0.39 is 12.1 Å². The van der Waals surface area contributed by atoms with E-state index in [9.17, 15) is 9.59 Å². The van der Waals surface area contributed by atoms with Crippen LogP contribution in [-0.2, 0) is 20.8 Å². The molecular weight excluding hydrogens is 290 g/mol. The molecule has 22 heavy (non-hydrogen) atoms. The second kappa shape index (κ2) is 7.42. The first-order valence-electron chi connectivity index (χ1n) is 7.31. The molecule has 1 saturated heterocycles. The van der Waals surface area contributed by atoms with E-state index in [1.165, 1.54) is 6.07 Å². The fraction of sp³-hybridized carbons (Fsp3) is 0.600. The zero-order valence-corrected chi connectivity index (χ0v) is 12.8. The minimum Gasteiger partial charge on any atom is -0.478 e. The smallest absolute Gasteiger partial charge is 0.339 e. The molecule has 122 valence electrons. The first-order chi connectivity index (χ1) is 10.5. The quantitative estimate of drug-likeness (QED) is 0.791. The van der Waals surface area contributed by atoms with Gasteiger partial charge in [0.15, 0.2) is 0 Å². The van der Waals surface area contributed by atoms with E-state index in [2.05, 4.69) is 5.32 Å². The van der Waals surface area contributed by atoms with Gasteiger partial charge in [-0.05, 0) is 32.8 Å². The number of rotatable bonds is 7. The summed E-state index contributed by atoms with van der Waals surface area (Å²) in [5.41, 5.74) is 0.104. The van der Waals surface area contributed by atoms with Crippen molar-refractivity contribution in [1.82, 2.24) is 5.32 Å². The molecule has 1 aromatic heterocycles. The van der Waals surface area contributed by atoms with Gasteiger partial charge in [-0.2, -0.15) is 0 Å². The van der Waals surface area contributed by atoms with Gasteiger partial charge in [-0.25, -0.2) is 4.79 Å². The lowest BCUT2D eigenvalue weighted by Crippen LogP contribution is -2.35. The van der Waals surface area contributed by atoms with Crippen LogP contribution < -0.4 is 5.32 Å². The third-order valence-corrected chi connectivity index (χ3v) is 3.56. The number of furan rings is 1. The van der Waals surface area contributed by atoms with E-state index in [4.69, 9.17) is 19.0 Å². The molecule has 0 saturated carbocycles. The van der Waals surface area contributed by atoms with Crippen LogP contribution in [0.3, 0.4) is 0 Å². The lowest BCUT2D eigenvalue weighted by atomic mass is 10.2. The Balaban J connectivity index is 1.76. The zero-order chi connectivity index (χ0) is 16.1. The molecule has 0 aliphatic carbocycles. The number of aromatic carboxylic acids is 1. The van der Waals surface area contributed by atoms with Crippen LogP contribution in [-0.4, -0.2) is 42.4 Å². The van der Waals surface area contributed by atoms with Crippen molar-refractivity contribution in [2.24, 2.45) is 0 Å². The maximum atomic E-state index is 11.9. The molecule has 0 unspecified atom stereocenters. The van der Waals surface area contributed by atoms with E-state index in [0.717, 1.165) is 19.4 Å². The topological polar surface area (TPSA) is 98.0 Å². The Morgan fingerprint density at radius 3 is 2.91 bits per heavy atom. The van der Waals surface area contributed by atoms with Gasteiger partial charge in [0.1, 0.15) is 23.2 Å². The van der Waals surface area contributed by atoms with Crippen molar-refractivity contribution in [2.75, 3.05) is 13.2 Å². The minimum atomic E-state index is -1.05. The van der Waals surface area contributed by atoms with Gasteiger partial charge in [0.25, 0.3) is 0 Å². The summed E-state index contributed by atoms with van der Waals surface area (Å²) in [6, 6.07) is 1.41. The number of carboxylic acids is 1. The number of carbonyl (C=O) groups is 2. The van der Waals surface area contributed by atoms with Crippen LogP contribution in [0.5, 0.6) is 0 Å². The second-order valence-electron chi connectivity index (χ2n) is 5.32. The largest absolute Gasteiger partial charge is 0.478 e. The average molecular weight is 311 g/mol. The predicted molar refractivity (Wildman–Crippen MR) is 76.6 cm³/mol. The van der Waals surface area contributed by atoms with Crippen molar-refractivity contribution in [3.05, 3.63) is 23.2 Å². The Labute approximate surface area is 128 Å². The van der Waals surface area contributed by atoms with Crippen LogP contribution in [0.4, 0.5) is 0 Å². The second-order valence-corrected chi connectivity index (χ2v) is 5.32. The first kappa shape index (κ1) is 16.5. The van der Waals surface area contributed by atoms with E-state index in [1.807, 2.05) is 0 Å². The standard InChI is InChI=1S/C15H21NO6/c1-9-13(15(18)19)6-12(22-9)7-16-14(17)10(2)21-8-11-4-3-5-20-11/h6,10-11H,3-5,7-8H2,1-2H3,(H,16,17)(H,18,19)/t10-,11-/m0/s1. The molecule has 1 amide bonds. The first-order valence-corrected chi connectivity index (χ1v) is 7.31. The Bertz CT molecular complexity index is 532. The molecule has 2 atom stereocenters. The van der Waals surface area contributed by atoms with Crippen molar-refractivity contribution in [1.29, 1.82) is 0 Å². The molecule has 0 bridgehead atoms. The Kier molecular flexibility index (Phi) is 5.57. The highest BCUT2D eigenvalue weighted by atomic mass is 16.5. The highest BCUT2D eigenvalue weighted by Gasteiger charge is 2.20. The van der Waals surface area contributed by atoms with Gasteiger partial charge in [0.2, 0.25) is 5.91 Å². The van der Waals surface area contributed by atoms with E-state index in [0.29, 0.717) is 18.1 Å². The SMILES string of the molecule is Cc1oc(CNC(=O)[C@H](C)OC[C@@H]2CCCO2)cc1C(=O)O. The van der Waals surface area contributed by atoms with Crippen molar-refractivity contribution in [3.8, 4) is 0 Å². The van der Waals surface area contributed by atoms with Crippen LogP contribution in [0.1, 0.15) is 41.6 Å². The molecule has 1 aliphatic heterocycles. The fourth-order valence-corrected chi connectivity index (χ4v) is 2.26. The van der Waals surface area contributed by atoms with Gasteiger partial charge in [-0.1, -0.05) is 0 Å². The molecule has 7 heteroatoms. The number of ether oxygens (including phenoxy) is 2. The lowest BCUT2D eigenvalue weighted by Gasteiger charge is -2.15. The highest BCUT2D eigenvalue weighted by molar-refractivity contribution is 5.88. The summed E-state index contributed by atoms with van der Waals surface area (Å²) < 4.78 is 16.2. The van der Waals surface area contributed by atoms with Crippen LogP contribution in [0.2, 0.25) is 0 Å². The van der Waals surface area contributed by atoms with E-state index in [1.54, 1.807) is 13.8 Å². The van der Waals surface area contributed by atoms with Gasteiger partial charge < -0.3 is 24.3 Å². The van der Waals surface area contributed by atoms with E-state index in [-0.39, 0.29) is 24.1 Å². The van der Waals surface area contributed by atoms with Crippen molar-refractivity contribution in [3.63, 3.8) is 0 Å². The summed E-state index contributed by atoms with van der Waals surface area (Å²) in [6.45, 7) is 4.51. The van der Waals surface area contributed by atoms with Crippen LogP contribution >= 0.6 is 0 Å². The molecule has 0 aromatic carbocycles. The molecule has 2 heterocycles. The number of carboxylic acid groups (broad SMARTS) is 1. The Morgan fingerprint density at radius 1 is 1.55 bits per heavy atom. The molecule has 2 N–H and O–H groups in total. The lowest BCUT2D eigenvalue weighted by molar-refractivity contribution is -0.134. The van der Waals surface area contributed by atoms with Crippen LogP contribution in [0.25, 0.3) is 0 Å². The van der Waals surface area contributed by atoms with Gasteiger partial charge in [-0.15, -0.1) is 0 Å². The zero-order valence-electron chi connectivity index (χ0n) is 12.8. The third-order valence-electron chi connectivity index (χ3n) is 3.56. The fourth-order valence-electron chi connectivity index (χ4n) is 2.26. The number of nitrogens with one attached hydrogen (secondary N) is 1. The number of carbonyl (C=O) groups excluding carboxylic acids is 1. The van der Waals surface area contributed by atoms with Crippen molar-refractivity contribution < 1.29 is 28.6 Å². The molecule has 2 rings (SSSR count). The molecule has 1 fully saturated rings. The Hall–Kier alpha value is -1.86. The number of hydrogen-bond donors (Lipinski definition) is 2. The van der Waals surface area contributed by atoms with Crippen molar-refractivity contribution >= 4 is 11.9 Å². The minimum absolute atomic E-state index is 0.0705. The van der Waals surface area contributed by atoms with Crippen LogP contribution in [0, 0.1) is 6.92 Å². The molecule has 7 nitrogen and oxygen atoms in total. The number of hydrogen-bond acceptors (Lipinski definition) is 5. The van der Waals surface area contributed by atoms with Crippen molar-refractivity contribution in [2.45, 2.75) is 45.4 Å². The molecule has 0 radical (unpaired) electrons. The average Bonchev–Trinajstić information content (AvgIpc) is 3.11. The van der Waals surface area contributed by atoms with Crippen LogP contribution in [0.15, 0.2) is 10.5 Å². The van der Waals surface area contributed by atoms with Gasteiger partial charge in [0.05, 0.1) is 19.3 Å². The molecule has 0 spiro atoms. The maximum Gasteiger partial charge on any atom is 0.339 e. The molecule has 1 aliphatic rings. The van der Waals surface area contributed by atoms with Gasteiger partial charge >= 0.3 is 5.97 Å². The van der Waals surface area contributed by atoms with Gasteiger partial charge in [-0.3, -0.25) is 4.79 Å². The summed E-state index contributed by atoms with van der Waals surface area (Å²) in [7, 11) is 0. The molecular formula is C15H21NO6. The number of amides is 1.